The number of aliphatic carboxylic acids is 1. The number of carbonyl (C=O) groups excluding carboxylic acids is 20. The molecular weight excluding hydrogens is 1890 g/mol. The number of carboxylic acids is 1. The van der Waals surface area contributed by atoms with E-state index in [1.165, 1.54) is 48.5 Å². The van der Waals surface area contributed by atoms with E-state index in [9.17, 15) is 142 Å². The summed E-state index contributed by atoms with van der Waals surface area (Å²) in [5.41, 5.74) is 17.8. The number of hydrogen-bond acceptors (Lipinski definition) is 31. The fourth-order valence-corrected chi connectivity index (χ4v) is 13.6. The van der Waals surface area contributed by atoms with Gasteiger partial charge in [0.25, 0.3) is 0 Å². The predicted molar refractivity (Wildman–Crippen MR) is 508 cm³/mol. The minimum atomic E-state index is -1.94. The number of amides is 20. The molecular formula is C87H137N25O29S. The van der Waals surface area contributed by atoms with Gasteiger partial charge in [-0.3, -0.25) is 106 Å². The number of H-pyrrole nitrogens is 1. The molecule has 0 fully saturated rings. The number of benzene rings is 2. The molecule has 0 aliphatic heterocycles. The number of aromatic amines is 1. The Balaban J connectivity index is 1.72. The van der Waals surface area contributed by atoms with Crippen molar-refractivity contribution < 1.29 is 142 Å². The molecule has 36 N–H and O–H groups in total. The van der Waals surface area contributed by atoms with E-state index in [2.05, 4.69) is 124 Å². The average molecular weight is 2030 g/mol. The molecule has 790 valence electrons. The second kappa shape index (κ2) is 61.7. The monoisotopic (exact) mass is 2030 g/mol. The van der Waals surface area contributed by atoms with Crippen LogP contribution in [0.15, 0.2) is 60.8 Å². The molecule has 0 bridgehead atoms. The van der Waals surface area contributed by atoms with Gasteiger partial charge in [-0.25, -0.2) is 0 Å². The van der Waals surface area contributed by atoms with Gasteiger partial charge >= 0.3 is 5.97 Å². The number of nitrogens with two attached hydrogens (primary N) is 3. The van der Waals surface area contributed by atoms with Gasteiger partial charge in [-0.2, -0.15) is 12.6 Å². The van der Waals surface area contributed by atoms with E-state index in [0.29, 0.717) is 22.0 Å². The molecule has 2 aromatic carbocycles. The Labute approximate surface area is 822 Å². The van der Waals surface area contributed by atoms with Gasteiger partial charge in [0.1, 0.15) is 109 Å². The average Bonchev–Trinajstić information content (AvgIpc) is 1.67. The van der Waals surface area contributed by atoms with Crippen LogP contribution >= 0.6 is 12.6 Å². The third kappa shape index (κ3) is 41.5. The third-order valence-corrected chi connectivity index (χ3v) is 21.9. The molecule has 0 aliphatic carbocycles. The predicted octanol–water partition coefficient (Wildman–Crippen LogP) is -13.3. The number of fused-ring (bicyclic) bond motifs is 1. The van der Waals surface area contributed by atoms with Crippen LogP contribution in [0.2, 0.25) is 0 Å². The van der Waals surface area contributed by atoms with Gasteiger partial charge in [-0.05, 0) is 87.3 Å². The van der Waals surface area contributed by atoms with Crippen LogP contribution in [0, 0.1) is 29.1 Å². The summed E-state index contributed by atoms with van der Waals surface area (Å²) in [7, 11) is 0. The second-order valence-corrected chi connectivity index (χ2v) is 35.1. The fraction of sp³-hybridized carbons (Fsp3) is 0.586. The molecule has 19 atom stereocenters. The largest absolute Gasteiger partial charge is 0.480 e. The van der Waals surface area contributed by atoms with Crippen LogP contribution in [0.5, 0.6) is 0 Å². The van der Waals surface area contributed by atoms with Crippen LogP contribution in [0.4, 0.5) is 0 Å². The van der Waals surface area contributed by atoms with Crippen LogP contribution in [0.25, 0.3) is 10.9 Å². The van der Waals surface area contributed by atoms with Crippen LogP contribution in [-0.2, 0) is 114 Å². The molecule has 0 saturated carbocycles. The lowest BCUT2D eigenvalue weighted by atomic mass is 9.99. The number of carboxylic acid groups (broad SMARTS) is 1. The molecule has 0 unspecified atom stereocenters. The summed E-state index contributed by atoms with van der Waals surface area (Å²) < 4.78 is 0. The van der Waals surface area contributed by atoms with Crippen molar-refractivity contribution in [3.63, 3.8) is 0 Å². The van der Waals surface area contributed by atoms with Gasteiger partial charge < -0.3 is 169 Å². The maximum Gasteiger partial charge on any atom is 0.325 e. The SMILES string of the molecule is CC(C)C[C@H](NC(=O)[C@H](CO)NC(=O)[C@H](Cc1ccccc1)NC(=O)CNC(=O)[C@H](CO)NC(=O)[C@@H](NC(=O)[C@@H](NC(=O)[C@H](CS)NC(=O)[C@@H](N)CO)[C@@H](C)O)C(C)C)C(=O)N[C@@H](CO)C(=O)N[C@@H](CO)C(=O)NCC(=O)N[C@@H](C)C(=O)N[C@H](C(=O)N[C@@H](CO)C(=O)N[C@@H](Cc1c[nH]c2ccccc12)C(=O)N[C@H](C(=O)N[C@@H](CCCNC(=N)N)C(=O)N[C@@H](CCC(N)=O)C(=O)N[C@@H](C)C(=O)O)C(C)C)C(C)C. The number of primary amides is 1. The highest BCUT2D eigenvalue weighted by molar-refractivity contribution is 7.80. The van der Waals surface area contributed by atoms with Crippen LogP contribution in [0.1, 0.15) is 119 Å². The summed E-state index contributed by atoms with van der Waals surface area (Å²) in [6.07, 6.45) is -1.89. The van der Waals surface area contributed by atoms with Crippen LogP contribution < -0.4 is 124 Å². The maximum absolute atomic E-state index is 14.7. The maximum atomic E-state index is 14.7. The van der Waals surface area contributed by atoms with E-state index in [4.69, 9.17) is 22.6 Å². The van der Waals surface area contributed by atoms with Crippen LogP contribution in [-0.4, -0.2) is 356 Å². The number of aliphatic hydroxyl groups excluding tert-OH is 7. The lowest BCUT2D eigenvalue weighted by Crippen LogP contribution is -2.62. The molecule has 55 heteroatoms. The van der Waals surface area contributed by atoms with Gasteiger partial charge in [0.15, 0.2) is 5.96 Å². The second-order valence-electron chi connectivity index (χ2n) is 34.7. The number of para-hydroxylation sites is 1. The molecule has 54 nitrogen and oxygen atoms in total. The molecule has 0 saturated heterocycles. The van der Waals surface area contributed by atoms with E-state index in [1.54, 1.807) is 74.6 Å². The Morgan fingerprint density at radius 1 is 0.373 bits per heavy atom. The first kappa shape index (κ1) is 122. The first-order valence-electron chi connectivity index (χ1n) is 45.4. The number of nitrogens with one attached hydrogen (secondary N) is 22. The number of aromatic nitrogens is 1. The standard InChI is InChI=1S/C87H137N25O29S/c1-39(2)26-53(101-78(132)58(35-116)105-76(130)54(27-46-18-13-12-14-19-46)98-64(122)31-95-72(126)57(34-115)106-84(138)67(42(7)8)111-85(139)68(45(11)119)112-81(135)61(38-142)108-70(124)49(88)32-113)75(129)104-59(36-117)80(134)103-56(33-114)71(125)94-30-63(121)96-43(9)69(123)109-65(40(3)4)83(137)107-60(37-118)79(133)102-55(28-47-29-93-50-21-16-15-20-48(47)50)77(131)110-66(41(5)6)82(136)100-51(22-17-25-92-87(90)91)74(128)99-52(23-24-62(89)120)73(127)97-44(10)86(140)141/h12-16,18-21,29,39-45,49,51-61,65-68,93,113-119,142H,17,22-28,30-38,88H2,1-11H3,(H2,89,120)(H,94,125)(H,95,126)(H,96,121)(H,97,127)(H,98,122)(H,99,128)(H,100,136)(H,101,132)(H,102,133)(H,103,134)(H,104,129)(H,105,130)(H,106,138)(H,107,137)(H,108,124)(H,109,123)(H,110,131)(H,111,139)(H,112,135)(H,140,141)(H4,90,91,92)/t43-,44-,45+,49-,51-,52-,53-,54-,55-,56-,57-,58-,59-,60-,61-,65-,66-,67-,68-/m0/s1. The van der Waals surface area contributed by atoms with E-state index >= 15 is 0 Å². The first-order chi connectivity index (χ1) is 66.8. The van der Waals surface area contributed by atoms with Crippen LogP contribution in [0.3, 0.4) is 0 Å². The number of aliphatic hydroxyl groups is 7. The zero-order valence-electron chi connectivity index (χ0n) is 80.4. The normalized spacial score (nSPS) is 15.2. The Morgan fingerprint density at radius 3 is 1.20 bits per heavy atom. The van der Waals surface area contributed by atoms with Crippen molar-refractivity contribution >= 4 is 154 Å². The molecule has 0 radical (unpaired) electrons. The zero-order chi connectivity index (χ0) is 107. The number of hydrogen-bond donors (Lipinski definition) is 34. The van der Waals surface area contributed by atoms with Gasteiger partial charge in [0.05, 0.1) is 58.8 Å². The summed E-state index contributed by atoms with van der Waals surface area (Å²) in [5.74, 6) is -26.6. The molecule has 3 aromatic rings. The quantitative estimate of drug-likeness (QED) is 0.0108. The number of carbonyl (C=O) groups is 21. The summed E-state index contributed by atoms with van der Waals surface area (Å²) >= 11 is 4.03. The van der Waals surface area contributed by atoms with Gasteiger partial charge in [0.2, 0.25) is 118 Å². The van der Waals surface area contributed by atoms with Gasteiger partial charge in [-0.15, -0.1) is 0 Å². The fourth-order valence-electron chi connectivity index (χ4n) is 13.4. The molecule has 0 aliphatic rings. The summed E-state index contributed by atoms with van der Waals surface area (Å²) in [6.45, 7) is 7.27. The van der Waals surface area contributed by atoms with Crippen molar-refractivity contribution in [1.82, 2.24) is 111 Å². The molecule has 0 spiro atoms. The minimum Gasteiger partial charge on any atom is -0.480 e. The highest BCUT2D eigenvalue weighted by atomic mass is 32.1. The Morgan fingerprint density at radius 2 is 0.739 bits per heavy atom. The van der Waals surface area contributed by atoms with Crippen molar-refractivity contribution in [2.45, 2.75) is 236 Å². The van der Waals surface area contributed by atoms with E-state index in [0.717, 1.165) is 13.8 Å². The van der Waals surface area contributed by atoms with E-state index in [-0.39, 0.29) is 44.4 Å². The van der Waals surface area contributed by atoms with Gasteiger partial charge in [0, 0.05) is 48.7 Å². The van der Waals surface area contributed by atoms with Crippen molar-refractivity contribution in [3.8, 4) is 0 Å². The Bertz CT molecular complexity index is 4840. The first-order valence-corrected chi connectivity index (χ1v) is 46.0. The van der Waals surface area contributed by atoms with Crippen molar-refractivity contribution in [3.05, 3.63) is 71.9 Å². The van der Waals surface area contributed by atoms with Crippen molar-refractivity contribution in [2.24, 2.45) is 40.9 Å². The molecule has 142 heavy (non-hydrogen) atoms. The van der Waals surface area contributed by atoms with E-state index in [1.807, 2.05) is 0 Å². The van der Waals surface area contributed by atoms with Crippen molar-refractivity contribution in [1.29, 1.82) is 5.41 Å². The number of rotatable bonds is 63. The van der Waals surface area contributed by atoms with E-state index < -0.39 is 334 Å². The van der Waals surface area contributed by atoms with Crippen molar-refractivity contribution in [2.75, 3.05) is 65.0 Å². The highest BCUT2D eigenvalue weighted by Crippen LogP contribution is 2.21. The Kier molecular flexibility index (Phi) is 53.1. The molecule has 3 rings (SSSR count). The molecule has 1 aromatic heterocycles. The summed E-state index contributed by atoms with van der Waals surface area (Å²) in [5, 5.41) is 136. The molecule has 20 amide bonds. The smallest absolute Gasteiger partial charge is 0.325 e. The molecule has 1 heterocycles. The minimum absolute atomic E-state index is 0.00131. The zero-order valence-corrected chi connectivity index (χ0v) is 81.3. The summed E-state index contributed by atoms with van der Waals surface area (Å²) in [4.78, 5) is 287. The number of thiol groups is 1. The Hall–Kier alpha value is -13.9. The topological polar surface area (TPSA) is 879 Å². The third-order valence-electron chi connectivity index (χ3n) is 21.5. The number of guanidine groups is 1. The highest BCUT2D eigenvalue weighted by Gasteiger charge is 2.41. The lowest BCUT2D eigenvalue weighted by Gasteiger charge is -2.29. The van der Waals surface area contributed by atoms with Gasteiger partial charge in [-0.1, -0.05) is 104 Å². The summed E-state index contributed by atoms with van der Waals surface area (Å²) in [6, 6.07) is -14.7. The lowest BCUT2D eigenvalue weighted by molar-refractivity contribution is -0.142.